The minimum absolute atomic E-state index is 0.535. The molecule has 0 bridgehead atoms. The standard InChI is InChI=1S/C13H25N/c1-12(2)8-4-5-9-13(12,3)11-7-6-10-14-11/h11,14H,4-10H2,1-3H3. The zero-order valence-corrected chi connectivity index (χ0v) is 10.0. The number of hydrogen-bond donors (Lipinski definition) is 1. The summed E-state index contributed by atoms with van der Waals surface area (Å²) in [7, 11) is 0. The molecule has 1 aliphatic carbocycles. The Labute approximate surface area is 88.7 Å². The lowest BCUT2D eigenvalue weighted by molar-refractivity contribution is 0.00213. The van der Waals surface area contributed by atoms with Gasteiger partial charge < -0.3 is 5.32 Å². The maximum Gasteiger partial charge on any atom is 0.0126 e. The van der Waals surface area contributed by atoms with Crippen LogP contribution in [0.25, 0.3) is 0 Å². The first-order chi connectivity index (χ1) is 6.56. The van der Waals surface area contributed by atoms with E-state index in [1.807, 2.05) is 0 Å². The van der Waals surface area contributed by atoms with Crippen LogP contribution in [0.15, 0.2) is 0 Å². The Morgan fingerprint density at radius 2 is 1.71 bits per heavy atom. The largest absolute Gasteiger partial charge is 0.313 e. The van der Waals surface area contributed by atoms with E-state index < -0.39 is 0 Å². The van der Waals surface area contributed by atoms with E-state index in [2.05, 4.69) is 26.1 Å². The fraction of sp³-hybridized carbons (Fsp3) is 1.00. The molecule has 0 spiro atoms. The maximum absolute atomic E-state index is 3.72. The second-order valence-electron chi connectivity index (χ2n) is 6.16. The summed E-state index contributed by atoms with van der Waals surface area (Å²) in [6, 6.07) is 0.790. The lowest BCUT2D eigenvalue weighted by Gasteiger charge is -2.52. The molecule has 0 radical (unpaired) electrons. The number of nitrogens with one attached hydrogen (secondary N) is 1. The van der Waals surface area contributed by atoms with Gasteiger partial charge in [0.15, 0.2) is 0 Å². The third-order valence-corrected chi connectivity index (χ3v) is 5.12. The van der Waals surface area contributed by atoms with Gasteiger partial charge in [0.2, 0.25) is 0 Å². The molecule has 1 heterocycles. The summed E-state index contributed by atoms with van der Waals surface area (Å²) >= 11 is 0. The molecule has 0 aromatic heterocycles. The van der Waals surface area contributed by atoms with Crippen LogP contribution in [0, 0.1) is 10.8 Å². The average Bonchev–Trinajstić information content (AvgIpc) is 2.63. The van der Waals surface area contributed by atoms with E-state index in [-0.39, 0.29) is 0 Å². The van der Waals surface area contributed by atoms with Gasteiger partial charge in [0, 0.05) is 6.04 Å². The highest BCUT2D eigenvalue weighted by Gasteiger charge is 2.48. The molecular weight excluding hydrogens is 170 g/mol. The van der Waals surface area contributed by atoms with Gasteiger partial charge in [-0.1, -0.05) is 33.6 Å². The van der Waals surface area contributed by atoms with Crippen molar-refractivity contribution in [3.8, 4) is 0 Å². The smallest absolute Gasteiger partial charge is 0.0126 e. The third-order valence-electron chi connectivity index (χ3n) is 5.12. The number of rotatable bonds is 1. The predicted molar refractivity (Wildman–Crippen MR) is 61.4 cm³/mol. The van der Waals surface area contributed by atoms with E-state index >= 15 is 0 Å². The van der Waals surface area contributed by atoms with Crippen molar-refractivity contribution in [2.75, 3.05) is 6.54 Å². The van der Waals surface area contributed by atoms with Gasteiger partial charge in [0.05, 0.1) is 0 Å². The first-order valence-electron chi connectivity index (χ1n) is 6.30. The lowest BCUT2D eigenvalue weighted by Crippen LogP contribution is -2.50. The molecule has 0 amide bonds. The van der Waals surface area contributed by atoms with E-state index in [4.69, 9.17) is 0 Å². The van der Waals surface area contributed by atoms with E-state index in [1.54, 1.807) is 0 Å². The predicted octanol–water partition coefficient (Wildman–Crippen LogP) is 3.34. The normalized spacial score (nSPS) is 42.6. The molecule has 2 fully saturated rings. The van der Waals surface area contributed by atoms with Crippen LogP contribution in [0.5, 0.6) is 0 Å². The molecule has 1 aliphatic heterocycles. The van der Waals surface area contributed by atoms with Crippen molar-refractivity contribution in [2.24, 2.45) is 10.8 Å². The molecule has 2 atom stereocenters. The Morgan fingerprint density at radius 3 is 2.29 bits per heavy atom. The van der Waals surface area contributed by atoms with Crippen molar-refractivity contribution in [2.45, 2.75) is 65.3 Å². The Bertz CT molecular complexity index is 203. The highest BCUT2D eigenvalue weighted by molar-refractivity contribution is 5.01. The molecular formula is C13H25N. The number of hydrogen-bond acceptors (Lipinski definition) is 1. The lowest BCUT2D eigenvalue weighted by atomic mass is 9.55. The van der Waals surface area contributed by atoms with E-state index in [0.717, 1.165) is 6.04 Å². The van der Waals surface area contributed by atoms with Crippen LogP contribution in [-0.2, 0) is 0 Å². The molecule has 2 unspecified atom stereocenters. The summed E-state index contributed by atoms with van der Waals surface area (Å²) in [6.07, 6.45) is 8.52. The van der Waals surface area contributed by atoms with Crippen LogP contribution >= 0.6 is 0 Å². The molecule has 14 heavy (non-hydrogen) atoms. The molecule has 82 valence electrons. The Morgan fingerprint density at radius 1 is 1.00 bits per heavy atom. The second kappa shape index (κ2) is 3.52. The maximum atomic E-state index is 3.72. The molecule has 1 heteroatoms. The summed E-state index contributed by atoms with van der Waals surface area (Å²) in [5.74, 6) is 0. The zero-order chi connectivity index (χ0) is 10.2. The summed E-state index contributed by atoms with van der Waals surface area (Å²) < 4.78 is 0. The van der Waals surface area contributed by atoms with Gasteiger partial charge in [-0.3, -0.25) is 0 Å². The van der Waals surface area contributed by atoms with Crippen molar-refractivity contribution in [3.63, 3.8) is 0 Å². The second-order valence-corrected chi connectivity index (χ2v) is 6.16. The van der Waals surface area contributed by atoms with Crippen LogP contribution in [0.1, 0.15) is 59.3 Å². The average molecular weight is 195 g/mol. The summed E-state index contributed by atoms with van der Waals surface area (Å²) in [6.45, 7) is 8.73. The summed E-state index contributed by atoms with van der Waals surface area (Å²) in [5, 5.41) is 3.72. The molecule has 0 aromatic carbocycles. The van der Waals surface area contributed by atoms with Crippen LogP contribution in [-0.4, -0.2) is 12.6 Å². The fourth-order valence-corrected chi connectivity index (χ4v) is 3.56. The van der Waals surface area contributed by atoms with Crippen molar-refractivity contribution >= 4 is 0 Å². The van der Waals surface area contributed by atoms with E-state index in [0.29, 0.717) is 10.8 Å². The van der Waals surface area contributed by atoms with Crippen LogP contribution < -0.4 is 5.32 Å². The summed E-state index contributed by atoms with van der Waals surface area (Å²) in [4.78, 5) is 0. The van der Waals surface area contributed by atoms with Gasteiger partial charge in [-0.15, -0.1) is 0 Å². The van der Waals surface area contributed by atoms with Crippen molar-refractivity contribution in [1.82, 2.24) is 5.32 Å². The van der Waals surface area contributed by atoms with Crippen LogP contribution in [0.2, 0.25) is 0 Å². The van der Waals surface area contributed by atoms with Gasteiger partial charge >= 0.3 is 0 Å². The van der Waals surface area contributed by atoms with E-state index in [1.165, 1.54) is 45.1 Å². The SMILES string of the molecule is CC1(C)CCCCC1(C)C1CCCN1. The highest BCUT2D eigenvalue weighted by Crippen LogP contribution is 2.53. The molecule has 1 saturated heterocycles. The zero-order valence-electron chi connectivity index (χ0n) is 10.0. The van der Waals surface area contributed by atoms with E-state index in [9.17, 15) is 0 Å². The molecule has 1 nitrogen and oxygen atoms in total. The highest BCUT2D eigenvalue weighted by atomic mass is 15.0. The minimum atomic E-state index is 0.535. The summed E-state index contributed by atoms with van der Waals surface area (Å²) in [5.41, 5.74) is 1.08. The Balaban J connectivity index is 2.17. The fourth-order valence-electron chi connectivity index (χ4n) is 3.56. The quantitative estimate of drug-likeness (QED) is 0.676. The first kappa shape index (κ1) is 10.5. The van der Waals surface area contributed by atoms with Crippen molar-refractivity contribution < 1.29 is 0 Å². The minimum Gasteiger partial charge on any atom is -0.313 e. The topological polar surface area (TPSA) is 12.0 Å². The first-order valence-corrected chi connectivity index (χ1v) is 6.30. The third kappa shape index (κ3) is 1.50. The van der Waals surface area contributed by atoms with Crippen molar-refractivity contribution in [3.05, 3.63) is 0 Å². The molecule has 1 N–H and O–H groups in total. The van der Waals surface area contributed by atoms with Crippen LogP contribution in [0.3, 0.4) is 0 Å². The van der Waals surface area contributed by atoms with Gasteiger partial charge in [-0.25, -0.2) is 0 Å². The van der Waals surface area contributed by atoms with Gasteiger partial charge in [-0.05, 0) is 43.1 Å². The van der Waals surface area contributed by atoms with Gasteiger partial charge in [0.25, 0.3) is 0 Å². The van der Waals surface area contributed by atoms with Gasteiger partial charge in [-0.2, -0.15) is 0 Å². The molecule has 2 aliphatic rings. The van der Waals surface area contributed by atoms with Crippen molar-refractivity contribution in [1.29, 1.82) is 0 Å². The molecule has 0 aromatic rings. The van der Waals surface area contributed by atoms with Crippen LogP contribution in [0.4, 0.5) is 0 Å². The van der Waals surface area contributed by atoms with Gasteiger partial charge in [0.1, 0.15) is 0 Å². The Kier molecular flexibility index (Phi) is 2.63. The Hall–Kier alpha value is -0.0400. The molecule has 2 rings (SSSR count). The molecule has 1 saturated carbocycles. The monoisotopic (exact) mass is 195 g/mol.